The third kappa shape index (κ3) is 1.20. The van der Waals surface area contributed by atoms with Crippen molar-refractivity contribution in [3.05, 3.63) is 11.6 Å². The van der Waals surface area contributed by atoms with E-state index in [1.54, 1.807) is 5.57 Å². The molecule has 0 amide bonds. The molecular formula is C5H9Li. The first-order valence-electron chi connectivity index (χ1n) is 2.05. The minimum atomic E-state index is 0. The molecule has 30 valence electrons. The summed E-state index contributed by atoms with van der Waals surface area (Å²) in [6, 6.07) is 0. The van der Waals surface area contributed by atoms with Crippen molar-refractivity contribution in [2.24, 2.45) is 0 Å². The second-order valence-electron chi connectivity index (χ2n) is 1.59. The van der Waals surface area contributed by atoms with E-state index in [2.05, 4.69) is 13.0 Å². The summed E-state index contributed by atoms with van der Waals surface area (Å²) in [5.74, 6) is 0. The van der Waals surface area contributed by atoms with E-state index in [0.29, 0.717) is 0 Å². The van der Waals surface area contributed by atoms with Crippen molar-refractivity contribution in [3.8, 4) is 0 Å². The van der Waals surface area contributed by atoms with E-state index in [0.717, 1.165) is 0 Å². The Morgan fingerprint density at radius 3 is 2.17 bits per heavy atom. The Labute approximate surface area is 52.3 Å². The molecule has 0 unspecified atom stereocenters. The summed E-state index contributed by atoms with van der Waals surface area (Å²) in [5, 5.41) is 0. The predicted molar refractivity (Wildman–Crippen MR) is 24.1 cm³/mol. The van der Waals surface area contributed by atoms with Crippen LogP contribution in [0.4, 0.5) is 0 Å². The van der Waals surface area contributed by atoms with E-state index in [1.165, 1.54) is 12.8 Å². The van der Waals surface area contributed by atoms with Crippen molar-refractivity contribution < 1.29 is 20.3 Å². The van der Waals surface area contributed by atoms with Gasteiger partial charge < -0.3 is 1.43 Å². The van der Waals surface area contributed by atoms with Crippen molar-refractivity contribution in [3.63, 3.8) is 0 Å². The fraction of sp³-hybridized carbons (Fsp3) is 0.600. The van der Waals surface area contributed by atoms with Crippen molar-refractivity contribution in [1.82, 2.24) is 0 Å². The molecule has 1 heteroatoms. The maximum Gasteiger partial charge on any atom is 1.00 e. The Morgan fingerprint density at radius 1 is 1.83 bits per heavy atom. The van der Waals surface area contributed by atoms with Gasteiger partial charge in [0.2, 0.25) is 0 Å². The quantitative estimate of drug-likeness (QED) is 0.252. The van der Waals surface area contributed by atoms with Crippen LogP contribution in [0.1, 0.15) is 21.2 Å². The Bertz CT molecular complexity index is 68.5. The fourth-order valence-corrected chi connectivity index (χ4v) is 0.433. The summed E-state index contributed by atoms with van der Waals surface area (Å²) < 4.78 is 0. The molecule has 1 aliphatic rings. The molecule has 0 aromatic carbocycles. The second-order valence-corrected chi connectivity index (χ2v) is 1.59. The van der Waals surface area contributed by atoms with Crippen LogP contribution in [0, 0.1) is 0 Å². The third-order valence-corrected chi connectivity index (χ3v) is 1.03. The van der Waals surface area contributed by atoms with E-state index < -0.39 is 0 Å². The van der Waals surface area contributed by atoms with Crippen molar-refractivity contribution in [2.45, 2.75) is 19.8 Å². The monoisotopic (exact) mass is 76.1 g/mol. The van der Waals surface area contributed by atoms with E-state index in [4.69, 9.17) is 0 Å². The molecule has 0 aliphatic heterocycles. The van der Waals surface area contributed by atoms with Crippen molar-refractivity contribution in [2.75, 3.05) is 0 Å². The molecule has 0 saturated carbocycles. The van der Waals surface area contributed by atoms with Gasteiger partial charge in [-0.25, -0.2) is 0 Å². The van der Waals surface area contributed by atoms with Crippen LogP contribution in [0.2, 0.25) is 0 Å². The van der Waals surface area contributed by atoms with Gasteiger partial charge in [0.05, 0.1) is 0 Å². The van der Waals surface area contributed by atoms with Gasteiger partial charge in [-0.2, -0.15) is 0 Å². The molecule has 6 heavy (non-hydrogen) atoms. The van der Waals surface area contributed by atoms with Gasteiger partial charge in [0, 0.05) is 0 Å². The second kappa shape index (κ2) is 2.50. The predicted octanol–water partition coefficient (Wildman–Crippen LogP) is -1.16. The van der Waals surface area contributed by atoms with E-state index in [9.17, 15) is 0 Å². The molecule has 0 radical (unpaired) electrons. The maximum absolute atomic E-state index is 2.26. The topological polar surface area (TPSA) is 0 Å². The van der Waals surface area contributed by atoms with E-state index in [-0.39, 0.29) is 20.3 Å². The van der Waals surface area contributed by atoms with Gasteiger partial charge in [-0.1, -0.05) is 11.6 Å². The molecule has 0 saturated heterocycles. The zero-order chi connectivity index (χ0) is 3.70. The van der Waals surface area contributed by atoms with Gasteiger partial charge in [-0.05, 0) is 19.8 Å². The molecule has 0 nitrogen and oxygen atoms in total. The minimum absolute atomic E-state index is 0. The summed E-state index contributed by atoms with van der Waals surface area (Å²) in [7, 11) is 0. The Hall–Kier alpha value is 0.337. The van der Waals surface area contributed by atoms with E-state index >= 15 is 0 Å². The summed E-state index contributed by atoms with van der Waals surface area (Å²) in [5.41, 5.74) is 1.56. The maximum atomic E-state index is 2.26. The molecule has 1 aliphatic carbocycles. The van der Waals surface area contributed by atoms with Crippen LogP contribution in [0.3, 0.4) is 0 Å². The van der Waals surface area contributed by atoms with Gasteiger partial charge in [0.15, 0.2) is 0 Å². The van der Waals surface area contributed by atoms with Crippen LogP contribution in [-0.2, 0) is 0 Å². The van der Waals surface area contributed by atoms with Gasteiger partial charge >= 0.3 is 18.9 Å². The molecule has 0 heterocycles. The van der Waals surface area contributed by atoms with E-state index in [1.807, 2.05) is 0 Å². The van der Waals surface area contributed by atoms with Crippen LogP contribution >= 0.6 is 0 Å². The molecule has 0 aromatic rings. The standard InChI is InChI=1S/C5H8.Li.H/c1-5-3-2-4-5;;/h3H,2,4H2,1H3;;/q;+1;-1. The zero-order valence-electron chi connectivity index (χ0n) is 5.49. The number of hydrogen-bond acceptors (Lipinski definition) is 0. The first kappa shape index (κ1) is 6.34. The number of hydrogen-bond donors (Lipinski definition) is 0. The average Bonchev–Trinajstić information content (AvgIpc) is 1.30. The van der Waals surface area contributed by atoms with Crippen molar-refractivity contribution >= 4 is 0 Å². The fourth-order valence-electron chi connectivity index (χ4n) is 0.433. The Morgan fingerprint density at radius 2 is 2.17 bits per heavy atom. The van der Waals surface area contributed by atoms with Crippen LogP contribution in [0.5, 0.6) is 0 Å². The summed E-state index contributed by atoms with van der Waals surface area (Å²) in [6.07, 6.45) is 4.94. The summed E-state index contributed by atoms with van der Waals surface area (Å²) >= 11 is 0. The van der Waals surface area contributed by atoms with Crippen LogP contribution in [0.25, 0.3) is 0 Å². The molecule has 0 fully saturated rings. The smallest absolute Gasteiger partial charge is 1.00 e. The molecule has 0 spiro atoms. The average molecular weight is 76.1 g/mol. The molecule has 0 N–H and O–H groups in total. The minimum Gasteiger partial charge on any atom is -1.00 e. The Kier molecular flexibility index (Phi) is 2.64. The SMILES string of the molecule is CC1=CCC1.[H-].[Li+]. The Balaban J connectivity index is 0. The number of rotatable bonds is 0. The first-order chi connectivity index (χ1) is 2.39. The van der Waals surface area contributed by atoms with Gasteiger partial charge in [-0.3, -0.25) is 0 Å². The van der Waals surface area contributed by atoms with Crippen LogP contribution < -0.4 is 18.9 Å². The summed E-state index contributed by atoms with van der Waals surface area (Å²) in [6.45, 7) is 2.17. The molecule has 0 bridgehead atoms. The number of allylic oxidation sites excluding steroid dienone is 2. The molecule has 0 aromatic heterocycles. The molecule has 0 atom stereocenters. The van der Waals surface area contributed by atoms with Crippen LogP contribution in [-0.4, -0.2) is 0 Å². The van der Waals surface area contributed by atoms with Gasteiger partial charge in [0.25, 0.3) is 0 Å². The van der Waals surface area contributed by atoms with Gasteiger partial charge in [-0.15, -0.1) is 0 Å². The van der Waals surface area contributed by atoms with Crippen molar-refractivity contribution in [1.29, 1.82) is 0 Å². The largest absolute Gasteiger partial charge is 1.00 e. The first-order valence-corrected chi connectivity index (χ1v) is 2.05. The normalized spacial score (nSPS) is 17.2. The summed E-state index contributed by atoms with van der Waals surface area (Å²) in [4.78, 5) is 0. The van der Waals surface area contributed by atoms with Gasteiger partial charge in [0.1, 0.15) is 0 Å². The van der Waals surface area contributed by atoms with Crippen LogP contribution in [0.15, 0.2) is 11.6 Å². The third-order valence-electron chi connectivity index (χ3n) is 1.03. The molecule has 1 rings (SSSR count). The molecular weight excluding hydrogens is 67.0 g/mol. The zero-order valence-corrected chi connectivity index (χ0v) is 4.49.